The van der Waals surface area contributed by atoms with Crippen molar-refractivity contribution in [3.8, 4) is 5.75 Å². The second kappa shape index (κ2) is 22.0. The van der Waals surface area contributed by atoms with E-state index in [0.717, 1.165) is 54.1 Å². The summed E-state index contributed by atoms with van der Waals surface area (Å²) in [6, 6.07) is 25.5. The topological polar surface area (TPSA) is 99.0 Å². The van der Waals surface area contributed by atoms with Crippen molar-refractivity contribution in [2.45, 2.75) is 82.6 Å². The van der Waals surface area contributed by atoms with Gasteiger partial charge in [-0.25, -0.2) is 8.42 Å². The minimum atomic E-state index is -4.62. The van der Waals surface area contributed by atoms with Gasteiger partial charge in [-0.2, -0.15) is 4.58 Å². The van der Waals surface area contributed by atoms with Gasteiger partial charge in [0.15, 0.2) is 12.3 Å². The Morgan fingerprint density at radius 3 is 2.23 bits per heavy atom. The molecule has 0 N–H and O–H groups in total. The molecule has 314 valence electrons. The maximum Gasteiger partial charge on any atom is 1.00 e. The quantitative estimate of drug-likeness (QED) is 0.0358. The minimum Gasteiger partial charge on any atom is -1.00 e. The Kier molecular flexibility index (Phi) is 18.6. The van der Waals surface area contributed by atoms with Crippen LogP contribution in [0.2, 0.25) is 0 Å². The Labute approximate surface area is 394 Å². The van der Waals surface area contributed by atoms with Crippen LogP contribution in [0.15, 0.2) is 120 Å². The number of rotatable bonds is 14. The second-order valence-corrected chi connectivity index (χ2v) is 16.6. The van der Waals surface area contributed by atoms with Crippen LogP contribution >= 0.6 is 0 Å². The number of anilines is 1. The molecule has 0 spiro atoms. The van der Waals surface area contributed by atoms with Crippen LogP contribution in [0.3, 0.4) is 0 Å². The second-order valence-electron chi connectivity index (χ2n) is 15.2. The summed E-state index contributed by atoms with van der Waals surface area (Å²) in [6.07, 6.45) is 13.5. The number of esters is 1. The summed E-state index contributed by atoms with van der Waals surface area (Å²) in [5, 5.41) is 2.47. The van der Waals surface area contributed by atoms with Crippen molar-refractivity contribution in [2.75, 3.05) is 25.2 Å². The summed E-state index contributed by atoms with van der Waals surface area (Å²) >= 11 is 0. The molecule has 0 saturated carbocycles. The molecule has 0 unspecified atom stereocenters. The van der Waals surface area contributed by atoms with Gasteiger partial charge in [-0.15, -0.1) is 0 Å². The van der Waals surface area contributed by atoms with Gasteiger partial charge in [0.1, 0.15) is 15.9 Å². The maximum absolute atomic E-state index is 12.0. The molecule has 0 saturated heterocycles. The first-order valence-corrected chi connectivity index (χ1v) is 20.7. The van der Waals surface area contributed by atoms with Crippen LogP contribution in [0.25, 0.3) is 10.8 Å². The molecule has 2 aliphatic heterocycles. The Morgan fingerprint density at radius 2 is 1.58 bits per heavy atom. The van der Waals surface area contributed by atoms with E-state index in [4.69, 9.17) is 9.47 Å². The Balaban J connectivity index is 0.00000153. The number of hydrogen-bond donors (Lipinski definition) is 0. The van der Waals surface area contributed by atoms with Crippen molar-refractivity contribution in [3.05, 3.63) is 132 Å². The van der Waals surface area contributed by atoms with Gasteiger partial charge in [0.05, 0.1) is 24.0 Å². The Morgan fingerprint density at radius 1 is 0.900 bits per heavy atom. The van der Waals surface area contributed by atoms with Crippen molar-refractivity contribution in [3.63, 3.8) is 0 Å². The van der Waals surface area contributed by atoms with E-state index in [1.54, 1.807) is 13.2 Å². The third-order valence-corrected chi connectivity index (χ3v) is 11.5. The molecule has 2 aliphatic rings. The van der Waals surface area contributed by atoms with Crippen LogP contribution in [0.4, 0.5) is 24.3 Å². The molecule has 0 amide bonds. The third kappa shape index (κ3) is 11.9. The molecule has 6 rings (SSSR count). The minimum absolute atomic E-state index is 0. The number of carbonyl (C=O) groups is 1. The molecule has 4 aromatic rings. The number of hydrogen-bond acceptors (Lipinski definition) is 7. The molecule has 0 aliphatic carbocycles. The molecule has 4 aromatic carbocycles. The van der Waals surface area contributed by atoms with Crippen molar-refractivity contribution < 1.29 is 101 Å². The van der Waals surface area contributed by atoms with Gasteiger partial charge >= 0.3 is 64.9 Å². The van der Waals surface area contributed by atoms with Gasteiger partial charge in [-0.05, 0) is 98.5 Å². The van der Waals surface area contributed by atoms with Gasteiger partial charge in [0, 0.05) is 53.0 Å². The Hall–Kier alpha value is -3.57. The van der Waals surface area contributed by atoms with Gasteiger partial charge < -0.3 is 23.6 Å². The summed E-state index contributed by atoms with van der Waals surface area (Å²) in [7, 11) is -6.65. The summed E-state index contributed by atoms with van der Waals surface area (Å²) in [6.45, 7) is 12.3. The van der Waals surface area contributed by atoms with Crippen LogP contribution in [0, 0.1) is 0 Å². The van der Waals surface area contributed by atoms with Crippen LogP contribution in [0.1, 0.15) is 77.0 Å². The van der Waals surface area contributed by atoms with Crippen molar-refractivity contribution in [2.24, 2.45) is 0 Å². The zero-order chi connectivity index (χ0) is 42.3. The molecule has 0 fully saturated rings. The fourth-order valence-electron chi connectivity index (χ4n) is 7.98. The molecule has 15 heteroatoms. The zero-order valence-corrected chi connectivity index (χ0v) is 39.1. The number of fused-ring (bicyclic) bond motifs is 4. The van der Waals surface area contributed by atoms with Crippen molar-refractivity contribution >= 4 is 51.5 Å². The van der Waals surface area contributed by atoms with E-state index in [1.807, 2.05) is 43.3 Å². The molecular weight excluding hydrogens is 822 g/mol. The molecule has 8 nitrogen and oxygen atoms in total. The number of benzene rings is 4. The third-order valence-electron chi connectivity index (χ3n) is 10.7. The zero-order valence-electron chi connectivity index (χ0n) is 35.2. The molecule has 2 heterocycles. The normalized spacial score (nSPS) is 15.6. The SMILES string of the molecule is CCOC(=O)CCCCCN1/C(=C/C=C/C=C/C2=[N+](Cc3ccc(OC)cc3)c3ccc(S(=O)(=O)[O-])cc3C2(C)C)C(C)(C)c2c1ccc1ccccc21.FB(F)F.[F-].[K+]. The van der Waals surface area contributed by atoms with Gasteiger partial charge in [-0.3, -0.25) is 17.7 Å². The first-order chi connectivity index (χ1) is 27.5. The smallest absolute Gasteiger partial charge is 1.00 e. The average Bonchev–Trinajstić information content (AvgIpc) is 3.52. The largest absolute Gasteiger partial charge is 1.00 e. The van der Waals surface area contributed by atoms with E-state index in [2.05, 4.69) is 91.8 Å². The number of halogens is 4. The summed E-state index contributed by atoms with van der Waals surface area (Å²) < 4.78 is 77.7. The number of ether oxygens (including phenoxy) is 2. The fraction of sp³-hybridized carbons (Fsp3) is 0.333. The summed E-state index contributed by atoms with van der Waals surface area (Å²) in [5.41, 5.74) is 6.60. The monoisotopic (exact) mass is 872 g/mol. The van der Waals surface area contributed by atoms with E-state index in [-0.39, 0.29) is 72.4 Å². The fourth-order valence-corrected chi connectivity index (χ4v) is 8.47. The average molecular weight is 873 g/mol. The molecule has 0 radical (unpaired) electrons. The van der Waals surface area contributed by atoms with E-state index in [0.29, 0.717) is 19.6 Å². The maximum atomic E-state index is 12.0. The van der Waals surface area contributed by atoms with E-state index >= 15 is 0 Å². The molecule has 0 aromatic heterocycles. The van der Waals surface area contributed by atoms with Crippen LogP contribution in [-0.2, 0) is 37.0 Å². The first kappa shape index (κ1) is 50.8. The van der Waals surface area contributed by atoms with E-state index in [1.165, 1.54) is 39.9 Å². The number of nitrogens with zero attached hydrogens (tertiary/aromatic N) is 2. The standard InChI is InChI=1S/C45H50N2O6S.BF3.FH.K/c1-7-53-42(48)20-12-9-15-29-46-39-27-23-33-16-13-14-17-36(33)43(39)45(4,5)41(46)19-11-8-10-18-40-44(2,3)37-30-35(54(49,50)51)26-28-38(37)47(40)31-32-21-24-34(52-6)25-22-32;2-1(3)4;;/h8,10-11,13-14,16-19,21-28,30H,7,9,12,15,20,29,31H2,1-6H3;;1H;/q;;;+1/p-1. The first-order valence-electron chi connectivity index (χ1n) is 19.3. The number of allylic oxidation sites excluding steroid dienone is 6. The number of methoxy groups -OCH3 is 1. The van der Waals surface area contributed by atoms with Crippen LogP contribution in [0.5, 0.6) is 5.75 Å². The van der Waals surface area contributed by atoms with E-state index in [9.17, 15) is 30.7 Å². The van der Waals surface area contributed by atoms with Crippen molar-refractivity contribution in [1.29, 1.82) is 0 Å². The molecule has 0 bridgehead atoms. The molecule has 60 heavy (non-hydrogen) atoms. The molecular formula is C45H50BF4KN2O6S. The van der Waals surface area contributed by atoms with Crippen LogP contribution < -0.4 is 65.7 Å². The molecule has 0 atom stereocenters. The van der Waals surface area contributed by atoms with Gasteiger partial charge in [-0.1, -0.05) is 68.8 Å². The summed E-state index contributed by atoms with van der Waals surface area (Å²) in [5.74, 6) is 0.631. The predicted molar refractivity (Wildman–Crippen MR) is 224 cm³/mol. The van der Waals surface area contributed by atoms with Gasteiger partial charge in [0.25, 0.3) is 0 Å². The number of carbonyl (C=O) groups excluding carboxylic acids is 1. The predicted octanol–water partition coefficient (Wildman–Crippen LogP) is 4.13. The van der Waals surface area contributed by atoms with Crippen molar-refractivity contribution in [1.82, 2.24) is 0 Å². The summed E-state index contributed by atoms with van der Waals surface area (Å²) in [4.78, 5) is 14.1. The van der Waals surface area contributed by atoms with Gasteiger partial charge in [0.2, 0.25) is 5.69 Å². The Bertz CT molecular complexity index is 2360. The van der Waals surface area contributed by atoms with E-state index < -0.39 is 23.1 Å². The number of unbranched alkanes of at least 4 members (excludes halogenated alkanes) is 2. The van der Waals surface area contributed by atoms with Crippen LogP contribution in [-0.4, -0.2) is 57.0 Å².